The van der Waals surface area contributed by atoms with Gasteiger partial charge in [0.2, 0.25) is 5.82 Å². The molecular formula is C8H4F4N2. The molecule has 0 fully saturated rings. The average molecular weight is 204 g/mol. The van der Waals surface area contributed by atoms with Crippen LogP contribution in [0.2, 0.25) is 0 Å². The summed E-state index contributed by atoms with van der Waals surface area (Å²) in [6.07, 6.45) is -4.53. The van der Waals surface area contributed by atoms with Gasteiger partial charge in [-0.25, -0.2) is 9.37 Å². The van der Waals surface area contributed by atoms with Crippen molar-refractivity contribution in [3.63, 3.8) is 0 Å². The molecule has 0 spiro atoms. The fraction of sp³-hybridized carbons (Fsp3) is 0.125. The van der Waals surface area contributed by atoms with Crippen molar-refractivity contribution in [2.24, 2.45) is 0 Å². The van der Waals surface area contributed by atoms with E-state index in [-0.39, 0.29) is 11.0 Å². The predicted octanol–water partition coefficient (Wildman–Crippen LogP) is 2.72. The van der Waals surface area contributed by atoms with Crippen molar-refractivity contribution in [2.75, 3.05) is 0 Å². The van der Waals surface area contributed by atoms with E-state index in [1.165, 1.54) is 6.07 Å². The van der Waals surface area contributed by atoms with E-state index in [1.54, 1.807) is 0 Å². The summed E-state index contributed by atoms with van der Waals surface area (Å²) in [6.45, 7) is 0. The highest BCUT2D eigenvalue weighted by atomic mass is 19.4. The first-order chi connectivity index (χ1) is 6.47. The monoisotopic (exact) mass is 204 g/mol. The summed E-state index contributed by atoms with van der Waals surface area (Å²) in [5.74, 6) is -1.71. The minimum absolute atomic E-state index is 0.0392. The minimum Gasteiger partial charge on any atom is -0.334 e. The molecule has 0 aliphatic carbocycles. The molecule has 6 heteroatoms. The van der Waals surface area contributed by atoms with E-state index in [4.69, 9.17) is 0 Å². The number of benzene rings is 1. The number of aromatic nitrogens is 2. The van der Waals surface area contributed by atoms with Crippen molar-refractivity contribution < 1.29 is 17.6 Å². The van der Waals surface area contributed by atoms with E-state index < -0.39 is 17.8 Å². The Morgan fingerprint density at radius 1 is 1.21 bits per heavy atom. The summed E-state index contributed by atoms with van der Waals surface area (Å²) in [4.78, 5) is 5.28. The molecule has 74 valence electrons. The Hall–Kier alpha value is -1.59. The van der Waals surface area contributed by atoms with Gasteiger partial charge in [0.1, 0.15) is 5.82 Å². The highest BCUT2D eigenvalue weighted by molar-refractivity contribution is 5.75. The average Bonchev–Trinajstić information content (AvgIpc) is 2.45. The third-order valence-corrected chi connectivity index (χ3v) is 1.71. The Morgan fingerprint density at radius 3 is 2.57 bits per heavy atom. The third-order valence-electron chi connectivity index (χ3n) is 1.71. The van der Waals surface area contributed by atoms with Gasteiger partial charge in [-0.2, -0.15) is 13.2 Å². The Balaban J connectivity index is 2.63. The summed E-state index contributed by atoms with van der Waals surface area (Å²) in [5, 5.41) is 0. The van der Waals surface area contributed by atoms with Gasteiger partial charge in [-0.3, -0.25) is 0 Å². The van der Waals surface area contributed by atoms with Gasteiger partial charge in [-0.15, -0.1) is 0 Å². The second-order valence-electron chi connectivity index (χ2n) is 2.74. The van der Waals surface area contributed by atoms with Crippen LogP contribution in [0.4, 0.5) is 17.6 Å². The summed E-state index contributed by atoms with van der Waals surface area (Å²) in [6, 6.07) is 3.22. The maximum absolute atomic E-state index is 12.6. The quantitative estimate of drug-likeness (QED) is 0.656. The zero-order valence-electron chi connectivity index (χ0n) is 6.69. The van der Waals surface area contributed by atoms with Crippen LogP contribution in [-0.2, 0) is 6.18 Å². The van der Waals surface area contributed by atoms with E-state index in [1.807, 2.05) is 4.98 Å². The lowest BCUT2D eigenvalue weighted by Crippen LogP contribution is -2.06. The molecule has 2 rings (SSSR count). The molecule has 0 amide bonds. The van der Waals surface area contributed by atoms with Crippen LogP contribution in [0.25, 0.3) is 11.0 Å². The first kappa shape index (κ1) is 8.98. The fourth-order valence-corrected chi connectivity index (χ4v) is 1.12. The van der Waals surface area contributed by atoms with E-state index in [2.05, 4.69) is 4.98 Å². The Bertz CT molecular complexity index is 472. The van der Waals surface area contributed by atoms with Gasteiger partial charge in [0.25, 0.3) is 0 Å². The maximum Gasteiger partial charge on any atom is 0.449 e. The van der Waals surface area contributed by atoms with Gasteiger partial charge in [0.15, 0.2) is 0 Å². The predicted molar refractivity (Wildman–Crippen MR) is 41.1 cm³/mol. The van der Waals surface area contributed by atoms with Crippen LogP contribution < -0.4 is 0 Å². The van der Waals surface area contributed by atoms with Crippen LogP contribution >= 0.6 is 0 Å². The molecule has 1 aromatic carbocycles. The summed E-state index contributed by atoms with van der Waals surface area (Å²) < 4.78 is 49.0. The molecule has 0 aliphatic rings. The molecule has 1 N–H and O–H groups in total. The number of halogens is 4. The van der Waals surface area contributed by atoms with E-state index in [0.29, 0.717) is 0 Å². The number of imidazole rings is 1. The molecule has 2 nitrogen and oxygen atoms in total. The number of aromatic amines is 1. The van der Waals surface area contributed by atoms with Gasteiger partial charge >= 0.3 is 6.18 Å². The highest BCUT2D eigenvalue weighted by Gasteiger charge is 2.34. The number of hydrogen-bond donors (Lipinski definition) is 1. The van der Waals surface area contributed by atoms with Crippen molar-refractivity contribution in [3.05, 3.63) is 29.8 Å². The Morgan fingerprint density at radius 2 is 1.93 bits per heavy atom. The van der Waals surface area contributed by atoms with Gasteiger partial charge < -0.3 is 4.98 Å². The van der Waals surface area contributed by atoms with Crippen molar-refractivity contribution in [1.82, 2.24) is 9.97 Å². The second kappa shape index (κ2) is 2.70. The second-order valence-corrected chi connectivity index (χ2v) is 2.74. The first-order valence-electron chi connectivity index (χ1n) is 3.69. The van der Waals surface area contributed by atoms with Crippen molar-refractivity contribution in [2.45, 2.75) is 6.18 Å². The number of fused-ring (bicyclic) bond motifs is 1. The van der Waals surface area contributed by atoms with E-state index >= 15 is 0 Å². The lowest BCUT2D eigenvalue weighted by atomic mass is 10.3. The largest absolute Gasteiger partial charge is 0.449 e. The molecule has 0 atom stereocenters. The zero-order chi connectivity index (χ0) is 10.3. The molecule has 0 unspecified atom stereocenters. The topological polar surface area (TPSA) is 28.7 Å². The molecule has 0 bridgehead atoms. The molecule has 2 aromatic rings. The van der Waals surface area contributed by atoms with Crippen LogP contribution in [0.3, 0.4) is 0 Å². The number of nitrogens with one attached hydrogen (secondary N) is 1. The van der Waals surface area contributed by atoms with Crippen LogP contribution in [0, 0.1) is 5.82 Å². The molecule has 0 aliphatic heterocycles. The molecule has 1 aromatic heterocycles. The summed E-state index contributed by atoms with van der Waals surface area (Å²) in [5.41, 5.74) is 0.135. The minimum atomic E-state index is -4.53. The smallest absolute Gasteiger partial charge is 0.334 e. The number of nitrogens with zero attached hydrogens (tertiary/aromatic N) is 1. The van der Waals surface area contributed by atoms with Gasteiger partial charge in [-0.05, 0) is 18.2 Å². The molecular weight excluding hydrogens is 200 g/mol. The molecule has 1 heterocycles. The van der Waals surface area contributed by atoms with Crippen LogP contribution in [0.15, 0.2) is 18.2 Å². The summed E-state index contributed by atoms with van der Waals surface area (Å²) >= 11 is 0. The number of rotatable bonds is 0. The number of alkyl halides is 3. The number of hydrogen-bond acceptors (Lipinski definition) is 1. The number of H-pyrrole nitrogens is 1. The van der Waals surface area contributed by atoms with Crippen molar-refractivity contribution in [3.8, 4) is 0 Å². The standard InChI is InChI=1S/C8H4F4N2/c9-4-1-2-5-6(3-4)14-7(13-5)8(10,11)12/h1-3H,(H,13,14). The van der Waals surface area contributed by atoms with Crippen LogP contribution in [0.5, 0.6) is 0 Å². The normalized spacial score (nSPS) is 12.3. The zero-order valence-corrected chi connectivity index (χ0v) is 6.69. The highest BCUT2D eigenvalue weighted by Crippen LogP contribution is 2.28. The lowest BCUT2D eigenvalue weighted by molar-refractivity contribution is -0.144. The van der Waals surface area contributed by atoms with Crippen LogP contribution in [-0.4, -0.2) is 9.97 Å². The molecule has 0 saturated heterocycles. The third kappa shape index (κ3) is 1.43. The lowest BCUT2D eigenvalue weighted by Gasteiger charge is -1.98. The maximum atomic E-state index is 12.6. The molecule has 14 heavy (non-hydrogen) atoms. The van der Waals surface area contributed by atoms with Gasteiger partial charge in [-0.1, -0.05) is 0 Å². The van der Waals surface area contributed by atoms with Gasteiger partial charge in [0, 0.05) is 0 Å². The summed E-state index contributed by atoms with van der Waals surface area (Å²) in [7, 11) is 0. The first-order valence-corrected chi connectivity index (χ1v) is 3.69. The van der Waals surface area contributed by atoms with E-state index in [9.17, 15) is 17.6 Å². The Kier molecular flexibility index (Phi) is 1.73. The van der Waals surface area contributed by atoms with Crippen molar-refractivity contribution in [1.29, 1.82) is 0 Å². The Labute approximate surface area is 75.6 Å². The van der Waals surface area contributed by atoms with Gasteiger partial charge in [0.05, 0.1) is 11.0 Å². The fourth-order valence-electron chi connectivity index (χ4n) is 1.12. The van der Waals surface area contributed by atoms with Crippen LogP contribution in [0.1, 0.15) is 5.82 Å². The van der Waals surface area contributed by atoms with E-state index in [0.717, 1.165) is 12.1 Å². The molecule has 0 radical (unpaired) electrons. The molecule has 0 saturated carbocycles. The van der Waals surface area contributed by atoms with Crippen molar-refractivity contribution >= 4 is 11.0 Å². The SMILES string of the molecule is Fc1ccc2nc(C(F)(F)F)[nH]c2c1.